The van der Waals surface area contributed by atoms with E-state index in [4.69, 9.17) is 14.2 Å². The molecular formula is C31H31NO3S. The Bertz CT molecular complexity index is 1340. The van der Waals surface area contributed by atoms with Crippen LogP contribution in [0.3, 0.4) is 0 Å². The maximum absolute atomic E-state index is 6.15. The Kier molecular flexibility index (Phi) is 8.00. The minimum Gasteiger partial charge on any atom is -0.497 e. The topological polar surface area (TPSA) is 39.7 Å². The highest BCUT2D eigenvalue weighted by Gasteiger charge is 2.28. The molecule has 1 N–H and O–H groups in total. The summed E-state index contributed by atoms with van der Waals surface area (Å²) in [5.41, 5.74) is 3.50. The molecule has 0 unspecified atom stereocenters. The Morgan fingerprint density at radius 2 is 1.75 bits per heavy atom. The molecule has 0 aliphatic carbocycles. The third kappa shape index (κ3) is 5.80. The molecule has 4 nitrogen and oxygen atoms in total. The Morgan fingerprint density at radius 1 is 0.972 bits per heavy atom. The van der Waals surface area contributed by atoms with Crippen molar-refractivity contribution in [1.82, 2.24) is 5.32 Å². The summed E-state index contributed by atoms with van der Waals surface area (Å²) >= 11 is 1.79. The zero-order valence-electron chi connectivity index (χ0n) is 20.7. The van der Waals surface area contributed by atoms with E-state index in [2.05, 4.69) is 84.7 Å². The Morgan fingerprint density at radius 3 is 2.53 bits per heavy atom. The van der Waals surface area contributed by atoms with E-state index < -0.39 is 0 Å². The van der Waals surface area contributed by atoms with Crippen molar-refractivity contribution in [3.8, 4) is 28.0 Å². The molecule has 0 bridgehead atoms. The third-order valence-electron chi connectivity index (χ3n) is 6.56. The summed E-state index contributed by atoms with van der Waals surface area (Å²) in [5.74, 6) is 7.52. The molecule has 1 fully saturated rings. The number of benzene rings is 3. The van der Waals surface area contributed by atoms with Gasteiger partial charge >= 0.3 is 0 Å². The van der Waals surface area contributed by atoms with Gasteiger partial charge < -0.3 is 19.5 Å². The van der Waals surface area contributed by atoms with Crippen LogP contribution >= 0.6 is 11.3 Å². The van der Waals surface area contributed by atoms with Crippen LogP contribution in [0.2, 0.25) is 0 Å². The van der Waals surface area contributed by atoms with Crippen LogP contribution in [0.15, 0.2) is 78.9 Å². The van der Waals surface area contributed by atoms with E-state index in [0.29, 0.717) is 12.6 Å². The summed E-state index contributed by atoms with van der Waals surface area (Å²) in [6.45, 7) is 3.26. The standard InChI is InChI=1S/C31H31NO3S/c1-22-28(32-21-23-14-16-25(33-2)17-15-23)18-19-30(35-22)34-20-8-12-27-26-11-6-7-13-29(26)36-31(27)24-9-4-3-5-10-24/h3-7,9-11,13-17,22,28,30,32H,18-21H2,1-2H3/t22-,28-,30+/m0/s1. The zero-order valence-corrected chi connectivity index (χ0v) is 21.5. The van der Waals surface area contributed by atoms with Gasteiger partial charge in [0.1, 0.15) is 12.4 Å². The maximum atomic E-state index is 6.15. The van der Waals surface area contributed by atoms with Gasteiger partial charge in [-0.3, -0.25) is 0 Å². The lowest BCUT2D eigenvalue weighted by Gasteiger charge is -2.34. The molecule has 5 rings (SSSR count). The van der Waals surface area contributed by atoms with Crippen LogP contribution in [0.5, 0.6) is 5.75 Å². The number of methoxy groups -OCH3 is 1. The zero-order chi connectivity index (χ0) is 24.7. The molecule has 0 amide bonds. The summed E-state index contributed by atoms with van der Waals surface area (Å²) in [4.78, 5) is 1.21. The first-order valence-electron chi connectivity index (χ1n) is 12.4. The molecule has 5 heteroatoms. The van der Waals surface area contributed by atoms with E-state index in [0.717, 1.165) is 30.7 Å². The van der Waals surface area contributed by atoms with Gasteiger partial charge in [0.15, 0.2) is 6.29 Å². The Balaban J connectivity index is 1.16. The highest BCUT2D eigenvalue weighted by molar-refractivity contribution is 7.22. The number of rotatable bonds is 7. The quantitative estimate of drug-likeness (QED) is 0.291. The third-order valence-corrected chi connectivity index (χ3v) is 7.78. The first-order valence-corrected chi connectivity index (χ1v) is 13.2. The minimum atomic E-state index is -0.221. The molecule has 4 aromatic rings. The second-order valence-electron chi connectivity index (χ2n) is 8.96. The number of fused-ring (bicyclic) bond motifs is 1. The first kappa shape index (κ1) is 24.5. The van der Waals surface area contributed by atoms with Gasteiger partial charge in [-0.15, -0.1) is 11.3 Å². The lowest BCUT2D eigenvalue weighted by atomic mass is 10.0. The second-order valence-corrected chi connectivity index (χ2v) is 10.0. The fourth-order valence-corrected chi connectivity index (χ4v) is 5.72. The number of hydrogen-bond acceptors (Lipinski definition) is 5. The minimum absolute atomic E-state index is 0.0699. The summed E-state index contributed by atoms with van der Waals surface area (Å²) in [5, 5.41) is 4.82. The van der Waals surface area contributed by atoms with Crippen molar-refractivity contribution in [3.05, 3.63) is 90.0 Å². The lowest BCUT2D eigenvalue weighted by Crippen LogP contribution is -2.46. The summed E-state index contributed by atoms with van der Waals surface area (Å²) in [6, 6.07) is 27.4. The van der Waals surface area contributed by atoms with Gasteiger partial charge in [-0.05, 0) is 42.7 Å². The molecular weight excluding hydrogens is 466 g/mol. The van der Waals surface area contributed by atoms with E-state index in [1.807, 2.05) is 18.2 Å². The molecule has 0 spiro atoms. The average molecular weight is 498 g/mol. The summed E-state index contributed by atoms with van der Waals surface area (Å²) < 4.78 is 18.7. The fraction of sp³-hybridized carbons (Fsp3) is 0.290. The van der Waals surface area contributed by atoms with E-state index in [1.54, 1.807) is 18.4 Å². The molecule has 0 radical (unpaired) electrons. The van der Waals surface area contributed by atoms with Crippen LogP contribution in [0, 0.1) is 11.8 Å². The van der Waals surface area contributed by atoms with Gasteiger partial charge in [-0.2, -0.15) is 0 Å². The SMILES string of the molecule is COc1ccc(CN[C@H]2CC[C@H](OCC#Cc3c(-c4ccccc4)sc4ccccc34)O[C@H]2C)cc1. The van der Waals surface area contributed by atoms with Gasteiger partial charge in [0.2, 0.25) is 0 Å². The lowest BCUT2D eigenvalue weighted by molar-refractivity contribution is -0.190. The molecule has 3 atom stereocenters. The predicted molar refractivity (Wildman–Crippen MR) is 147 cm³/mol. The average Bonchev–Trinajstić information content (AvgIpc) is 3.30. The van der Waals surface area contributed by atoms with Crippen LogP contribution in [0.25, 0.3) is 20.5 Å². The second kappa shape index (κ2) is 11.7. The van der Waals surface area contributed by atoms with Crippen molar-refractivity contribution in [3.63, 3.8) is 0 Å². The van der Waals surface area contributed by atoms with E-state index in [1.165, 1.54) is 26.1 Å². The van der Waals surface area contributed by atoms with Crippen LogP contribution in [0.4, 0.5) is 0 Å². The summed E-state index contributed by atoms with van der Waals surface area (Å²) in [7, 11) is 1.68. The van der Waals surface area contributed by atoms with Gasteiger partial charge in [0.25, 0.3) is 0 Å². The molecule has 1 aliphatic heterocycles. The molecule has 2 heterocycles. The molecule has 36 heavy (non-hydrogen) atoms. The molecule has 1 aliphatic rings. The van der Waals surface area contributed by atoms with Gasteiger partial charge in [-0.1, -0.05) is 72.5 Å². The molecule has 1 aromatic heterocycles. The highest BCUT2D eigenvalue weighted by atomic mass is 32.1. The van der Waals surface area contributed by atoms with E-state index >= 15 is 0 Å². The number of ether oxygens (including phenoxy) is 3. The molecule has 184 valence electrons. The molecule has 0 saturated carbocycles. The molecule has 1 saturated heterocycles. The number of thiophene rings is 1. The predicted octanol–water partition coefficient (Wildman–Crippen LogP) is 6.63. The highest BCUT2D eigenvalue weighted by Crippen LogP contribution is 2.38. The van der Waals surface area contributed by atoms with Crippen LogP contribution in [-0.4, -0.2) is 32.2 Å². The van der Waals surface area contributed by atoms with Gasteiger partial charge in [-0.25, -0.2) is 0 Å². The summed E-state index contributed by atoms with van der Waals surface area (Å²) in [6.07, 6.45) is 1.70. The maximum Gasteiger partial charge on any atom is 0.159 e. The van der Waals surface area contributed by atoms with Gasteiger partial charge in [0, 0.05) is 29.1 Å². The fourth-order valence-electron chi connectivity index (χ4n) is 4.56. The van der Waals surface area contributed by atoms with Crippen molar-refractivity contribution >= 4 is 21.4 Å². The van der Waals surface area contributed by atoms with Crippen molar-refractivity contribution in [2.45, 2.75) is 44.7 Å². The van der Waals surface area contributed by atoms with Crippen molar-refractivity contribution in [2.24, 2.45) is 0 Å². The Labute approximate surface area is 217 Å². The normalized spacial score (nSPS) is 19.6. The van der Waals surface area contributed by atoms with Crippen LogP contribution in [0.1, 0.15) is 30.9 Å². The monoisotopic (exact) mass is 497 g/mol. The van der Waals surface area contributed by atoms with Crippen LogP contribution < -0.4 is 10.1 Å². The van der Waals surface area contributed by atoms with E-state index in [9.17, 15) is 0 Å². The number of hydrogen-bond donors (Lipinski definition) is 1. The smallest absolute Gasteiger partial charge is 0.159 e. The van der Waals surface area contributed by atoms with E-state index in [-0.39, 0.29) is 12.4 Å². The Hall–Kier alpha value is -3.14. The number of nitrogens with one attached hydrogen (secondary N) is 1. The largest absolute Gasteiger partial charge is 0.497 e. The van der Waals surface area contributed by atoms with Crippen molar-refractivity contribution in [1.29, 1.82) is 0 Å². The first-order chi connectivity index (χ1) is 17.7. The van der Waals surface area contributed by atoms with Crippen molar-refractivity contribution < 1.29 is 14.2 Å². The van der Waals surface area contributed by atoms with Crippen molar-refractivity contribution in [2.75, 3.05) is 13.7 Å². The van der Waals surface area contributed by atoms with Gasteiger partial charge in [0.05, 0.1) is 23.7 Å². The van der Waals surface area contributed by atoms with Crippen LogP contribution in [-0.2, 0) is 16.0 Å². The molecule has 3 aromatic carbocycles.